The van der Waals surface area contributed by atoms with Crippen molar-refractivity contribution in [1.82, 2.24) is 14.9 Å². The normalized spacial score (nSPS) is 23.9. The fraction of sp³-hybridized carbons (Fsp3) is 0.429. The maximum Gasteiger partial charge on any atom is 0.210 e. The molecule has 0 spiro atoms. The van der Waals surface area contributed by atoms with E-state index in [4.69, 9.17) is 4.74 Å². The van der Waals surface area contributed by atoms with Crippen LogP contribution in [0.5, 0.6) is 5.75 Å². The Morgan fingerprint density at radius 2 is 2.20 bits per heavy atom. The zero-order valence-electron chi connectivity index (χ0n) is 11.2. The summed E-state index contributed by atoms with van der Waals surface area (Å²) in [7, 11) is 1.68. The summed E-state index contributed by atoms with van der Waals surface area (Å²) >= 11 is 1.84. The average Bonchev–Trinajstić information content (AvgIpc) is 3.10. The molecule has 1 fully saturated rings. The minimum atomic E-state index is 0.525. The smallest absolute Gasteiger partial charge is 0.210 e. The standard InChI is InChI=1S/C14H16N4OS/c1-19-11-7-3-2-5-9(11)13-15-16-14-18(13)17-10-6-4-8-12(10)20-14/h2-3,5,7,10,12,17H,4,6,8H2,1H3. The van der Waals surface area contributed by atoms with Gasteiger partial charge in [-0.15, -0.1) is 10.2 Å². The number of rotatable bonds is 2. The first-order chi connectivity index (χ1) is 9.86. The number of para-hydroxylation sites is 1. The quantitative estimate of drug-likeness (QED) is 0.920. The summed E-state index contributed by atoms with van der Waals surface area (Å²) in [6.45, 7) is 0. The average molecular weight is 288 g/mol. The fourth-order valence-corrected chi connectivity index (χ4v) is 4.23. The van der Waals surface area contributed by atoms with E-state index in [1.807, 2.05) is 40.7 Å². The number of benzene rings is 1. The number of ether oxygens (including phenoxy) is 1. The third kappa shape index (κ3) is 1.78. The maximum atomic E-state index is 5.43. The summed E-state index contributed by atoms with van der Waals surface area (Å²) in [5, 5.41) is 10.3. The summed E-state index contributed by atoms with van der Waals surface area (Å²) in [5.74, 6) is 1.65. The molecule has 20 heavy (non-hydrogen) atoms. The molecular formula is C14H16N4OS. The van der Waals surface area contributed by atoms with Gasteiger partial charge in [-0.1, -0.05) is 30.3 Å². The van der Waals surface area contributed by atoms with Gasteiger partial charge in [0, 0.05) is 5.25 Å². The molecule has 2 aliphatic rings. The molecule has 4 rings (SSSR count). The van der Waals surface area contributed by atoms with Crippen LogP contribution in [0, 0.1) is 0 Å². The highest BCUT2D eigenvalue weighted by atomic mass is 32.2. The molecule has 1 saturated carbocycles. The Kier molecular flexibility index (Phi) is 2.84. The topological polar surface area (TPSA) is 52.0 Å². The van der Waals surface area contributed by atoms with Crippen LogP contribution in [0.2, 0.25) is 0 Å². The van der Waals surface area contributed by atoms with E-state index in [2.05, 4.69) is 15.6 Å². The number of hydrogen-bond donors (Lipinski definition) is 1. The molecule has 1 aliphatic heterocycles. The number of fused-ring (bicyclic) bond motifs is 2. The lowest BCUT2D eigenvalue weighted by molar-refractivity contribution is 0.416. The Balaban J connectivity index is 1.78. The molecule has 0 amide bonds. The molecular weight excluding hydrogens is 272 g/mol. The summed E-state index contributed by atoms with van der Waals surface area (Å²) in [4.78, 5) is 0. The van der Waals surface area contributed by atoms with Crippen molar-refractivity contribution in [3.63, 3.8) is 0 Å². The zero-order chi connectivity index (χ0) is 13.5. The second-order valence-electron chi connectivity index (χ2n) is 5.16. The second kappa shape index (κ2) is 4.70. The second-order valence-corrected chi connectivity index (χ2v) is 6.37. The van der Waals surface area contributed by atoms with E-state index in [1.54, 1.807) is 7.11 Å². The van der Waals surface area contributed by atoms with Crippen LogP contribution in [-0.4, -0.2) is 33.3 Å². The van der Waals surface area contributed by atoms with Crippen molar-refractivity contribution >= 4 is 11.8 Å². The zero-order valence-corrected chi connectivity index (χ0v) is 12.1. The number of methoxy groups -OCH3 is 1. The Bertz CT molecular complexity index is 642. The summed E-state index contributed by atoms with van der Waals surface area (Å²) in [5.41, 5.74) is 4.54. The lowest BCUT2D eigenvalue weighted by Gasteiger charge is -2.28. The highest BCUT2D eigenvalue weighted by molar-refractivity contribution is 7.99. The Morgan fingerprint density at radius 3 is 3.10 bits per heavy atom. The molecule has 0 bridgehead atoms. The molecule has 2 atom stereocenters. The predicted octanol–water partition coefficient (Wildman–Crippen LogP) is 2.52. The van der Waals surface area contributed by atoms with E-state index in [0.717, 1.165) is 22.3 Å². The fourth-order valence-electron chi connectivity index (χ4n) is 2.98. The van der Waals surface area contributed by atoms with Crippen LogP contribution in [0.1, 0.15) is 19.3 Å². The van der Waals surface area contributed by atoms with Crippen molar-refractivity contribution < 1.29 is 4.74 Å². The van der Waals surface area contributed by atoms with Gasteiger partial charge in [0.1, 0.15) is 5.75 Å². The van der Waals surface area contributed by atoms with Crippen LogP contribution < -0.4 is 10.2 Å². The van der Waals surface area contributed by atoms with E-state index in [1.165, 1.54) is 19.3 Å². The van der Waals surface area contributed by atoms with Crippen LogP contribution >= 0.6 is 11.8 Å². The Morgan fingerprint density at radius 1 is 1.30 bits per heavy atom. The highest BCUT2D eigenvalue weighted by Crippen LogP contribution is 2.40. The van der Waals surface area contributed by atoms with E-state index < -0.39 is 0 Å². The van der Waals surface area contributed by atoms with Crippen molar-refractivity contribution in [2.75, 3.05) is 12.5 Å². The number of nitrogens with zero attached hydrogens (tertiary/aromatic N) is 3. The number of thioether (sulfide) groups is 1. The molecule has 5 nitrogen and oxygen atoms in total. The van der Waals surface area contributed by atoms with Crippen molar-refractivity contribution in [2.45, 2.75) is 35.7 Å². The van der Waals surface area contributed by atoms with Crippen LogP contribution in [0.4, 0.5) is 0 Å². The minimum Gasteiger partial charge on any atom is -0.496 e. The molecule has 1 aromatic carbocycles. The molecule has 104 valence electrons. The third-order valence-corrected chi connectivity index (χ3v) is 5.33. The molecule has 1 aliphatic carbocycles. The van der Waals surface area contributed by atoms with Crippen molar-refractivity contribution in [1.29, 1.82) is 0 Å². The molecule has 2 aromatic rings. The Hall–Kier alpha value is -1.69. The first-order valence-electron chi connectivity index (χ1n) is 6.89. The van der Waals surface area contributed by atoms with Gasteiger partial charge in [-0.2, -0.15) is 0 Å². The van der Waals surface area contributed by atoms with E-state index in [-0.39, 0.29) is 0 Å². The summed E-state index contributed by atoms with van der Waals surface area (Å²) in [6, 6.07) is 8.45. The maximum absolute atomic E-state index is 5.43. The Labute approximate surface area is 121 Å². The van der Waals surface area contributed by atoms with E-state index in [9.17, 15) is 0 Å². The first kappa shape index (κ1) is 12.1. The minimum absolute atomic E-state index is 0.525. The summed E-state index contributed by atoms with van der Waals surface area (Å²) < 4.78 is 7.45. The van der Waals surface area contributed by atoms with Crippen molar-refractivity contribution in [2.24, 2.45) is 0 Å². The molecule has 6 heteroatoms. The van der Waals surface area contributed by atoms with Gasteiger partial charge < -0.3 is 10.2 Å². The third-order valence-electron chi connectivity index (χ3n) is 3.99. The van der Waals surface area contributed by atoms with E-state index >= 15 is 0 Å². The van der Waals surface area contributed by atoms with Crippen LogP contribution in [0.15, 0.2) is 29.4 Å². The molecule has 2 unspecified atom stereocenters. The van der Waals surface area contributed by atoms with Gasteiger partial charge in [0.15, 0.2) is 5.82 Å². The largest absolute Gasteiger partial charge is 0.496 e. The molecule has 1 N–H and O–H groups in total. The predicted molar refractivity (Wildman–Crippen MR) is 78.7 cm³/mol. The number of nitrogens with one attached hydrogen (secondary N) is 1. The highest BCUT2D eigenvalue weighted by Gasteiger charge is 2.35. The van der Waals surface area contributed by atoms with Gasteiger partial charge in [-0.25, -0.2) is 4.68 Å². The van der Waals surface area contributed by atoms with Crippen LogP contribution in [-0.2, 0) is 0 Å². The summed E-state index contributed by atoms with van der Waals surface area (Å²) in [6.07, 6.45) is 3.78. The van der Waals surface area contributed by atoms with Crippen molar-refractivity contribution in [3.8, 4) is 17.1 Å². The first-order valence-corrected chi connectivity index (χ1v) is 7.77. The van der Waals surface area contributed by atoms with Gasteiger partial charge in [-0.3, -0.25) is 0 Å². The van der Waals surface area contributed by atoms with Gasteiger partial charge >= 0.3 is 0 Å². The lowest BCUT2D eigenvalue weighted by Crippen LogP contribution is -2.37. The van der Waals surface area contributed by atoms with Crippen molar-refractivity contribution in [3.05, 3.63) is 24.3 Å². The molecule has 1 aromatic heterocycles. The van der Waals surface area contributed by atoms with Gasteiger partial charge in [-0.05, 0) is 25.0 Å². The van der Waals surface area contributed by atoms with Gasteiger partial charge in [0.2, 0.25) is 5.16 Å². The van der Waals surface area contributed by atoms with Crippen LogP contribution in [0.3, 0.4) is 0 Å². The van der Waals surface area contributed by atoms with Gasteiger partial charge in [0.05, 0.1) is 18.7 Å². The SMILES string of the molecule is COc1ccccc1-c1nnc2n1NC1CCCC1S2. The van der Waals surface area contributed by atoms with Crippen LogP contribution in [0.25, 0.3) is 11.4 Å². The number of aromatic nitrogens is 3. The van der Waals surface area contributed by atoms with Gasteiger partial charge in [0.25, 0.3) is 0 Å². The molecule has 0 radical (unpaired) electrons. The molecule has 0 saturated heterocycles. The monoisotopic (exact) mass is 288 g/mol. The number of hydrogen-bond acceptors (Lipinski definition) is 5. The molecule has 2 heterocycles. The lowest BCUT2D eigenvalue weighted by atomic mass is 10.2. The van der Waals surface area contributed by atoms with E-state index in [0.29, 0.717) is 11.3 Å².